The molecule has 0 spiro atoms. The summed E-state index contributed by atoms with van der Waals surface area (Å²) >= 11 is 11.9. The number of fused-ring (bicyclic) bond motifs is 1. The van der Waals surface area contributed by atoms with Gasteiger partial charge in [-0.3, -0.25) is 4.99 Å². The van der Waals surface area contributed by atoms with Crippen molar-refractivity contribution in [2.45, 2.75) is 0 Å². The zero-order chi connectivity index (χ0) is 10.8. The molecule has 0 aliphatic heterocycles. The third-order valence-electron chi connectivity index (χ3n) is 2.00. The number of halogens is 2. The van der Waals surface area contributed by atoms with Crippen LogP contribution in [0.5, 0.6) is 0 Å². The first-order valence-corrected chi connectivity index (χ1v) is 5.14. The first kappa shape index (κ1) is 10.4. The first-order valence-electron chi connectivity index (χ1n) is 4.38. The van der Waals surface area contributed by atoms with Crippen LogP contribution in [0.2, 0.25) is 10.0 Å². The van der Waals surface area contributed by atoms with E-state index >= 15 is 0 Å². The normalized spacial score (nSPS) is 11.4. The second kappa shape index (κ2) is 4.17. The molecule has 0 bridgehead atoms. The summed E-state index contributed by atoms with van der Waals surface area (Å²) in [6.07, 6.45) is 1.69. The van der Waals surface area contributed by atoms with Gasteiger partial charge < -0.3 is 0 Å². The van der Waals surface area contributed by atoms with Crippen molar-refractivity contribution < 1.29 is 0 Å². The molecule has 4 heteroatoms. The van der Waals surface area contributed by atoms with Crippen LogP contribution in [0.1, 0.15) is 5.69 Å². The maximum absolute atomic E-state index is 6.03. The molecule has 0 aliphatic rings. The molecule has 0 aliphatic carbocycles. The molecule has 0 saturated carbocycles. The van der Waals surface area contributed by atoms with Crippen molar-refractivity contribution in [2.24, 2.45) is 4.99 Å². The third-order valence-corrected chi connectivity index (χ3v) is 2.54. The van der Waals surface area contributed by atoms with Crippen molar-refractivity contribution in [2.75, 3.05) is 7.05 Å². The number of benzene rings is 1. The second-order valence-corrected chi connectivity index (χ2v) is 3.92. The standard InChI is InChI=1S/C11H8Cl2N2/c1-14-6-8-2-3-9-10(13)4-7(12)5-11(9)15-8/h2-6H,1H3. The third kappa shape index (κ3) is 2.11. The molecular formula is C11H8Cl2N2. The Bertz CT molecular complexity index is 535. The summed E-state index contributed by atoms with van der Waals surface area (Å²) in [5.74, 6) is 0. The van der Waals surface area contributed by atoms with Gasteiger partial charge >= 0.3 is 0 Å². The molecule has 0 unspecified atom stereocenters. The van der Waals surface area contributed by atoms with Gasteiger partial charge in [0.2, 0.25) is 0 Å². The summed E-state index contributed by atoms with van der Waals surface area (Å²) in [5.41, 5.74) is 1.58. The minimum absolute atomic E-state index is 0.589. The van der Waals surface area contributed by atoms with Crippen LogP contribution in [0, 0.1) is 0 Å². The van der Waals surface area contributed by atoms with Crippen molar-refractivity contribution in [3.05, 3.63) is 40.0 Å². The minimum atomic E-state index is 0.589. The summed E-state index contributed by atoms with van der Waals surface area (Å²) in [4.78, 5) is 8.27. The fourth-order valence-electron chi connectivity index (χ4n) is 1.38. The van der Waals surface area contributed by atoms with Crippen LogP contribution in [-0.2, 0) is 0 Å². The average molecular weight is 239 g/mol. The van der Waals surface area contributed by atoms with Gasteiger partial charge in [0.05, 0.1) is 16.2 Å². The van der Waals surface area contributed by atoms with Crippen LogP contribution in [0.3, 0.4) is 0 Å². The Balaban J connectivity index is 2.70. The highest BCUT2D eigenvalue weighted by Crippen LogP contribution is 2.26. The van der Waals surface area contributed by atoms with Gasteiger partial charge in [-0.15, -0.1) is 0 Å². The Hall–Kier alpha value is -1.12. The molecule has 1 aromatic heterocycles. The Morgan fingerprint density at radius 1 is 1.27 bits per heavy atom. The van der Waals surface area contributed by atoms with Crippen LogP contribution >= 0.6 is 23.2 Å². The Kier molecular flexibility index (Phi) is 2.89. The molecule has 2 rings (SSSR count). The van der Waals surface area contributed by atoms with E-state index in [9.17, 15) is 0 Å². The van der Waals surface area contributed by atoms with Crippen LogP contribution in [0.25, 0.3) is 10.9 Å². The predicted octanol–water partition coefficient (Wildman–Crippen LogP) is 3.59. The Labute approximate surface area is 97.6 Å². The van der Waals surface area contributed by atoms with E-state index in [1.165, 1.54) is 0 Å². The number of hydrogen-bond donors (Lipinski definition) is 0. The summed E-state index contributed by atoms with van der Waals surface area (Å²) in [5, 5.41) is 2.10. The average Bonchev–Trinajstić information content (AvgIpc) is 2.17. The summed E-state index contributed by atoms with van der Waals surface area (Å²) in [7, 11) is 1.71. The molecule has 1 aromatic carbocycles. The summed E-state index contributed by atoms with van der Waals surface area (Å²) < 4.78 is 0. The number of rotatable bonds is 1. The highest BCUT2D eigenvalue weighted by atomic mass is 35.5. The van der Waals surface area contributed by atoms with Gasteiger partial charge in [-0.2, -0.15) is 0 Å². The van der Waals surface area contributed by atoms with Gasteiger partial charge in [0, 0.05) is 23.7 Å². The van der Waals surface area contributed by atoms with Gasteiger partial charge in [-0.05, 0) is 24.3 Å². The fourth-order valence-corrected chi connectivity index (χ4v) is 1.92. The fraction of sp³-hybridized carbons (Fsp3) is 0.0909. The molecule has 0 N–H and O–H groups in total. The van der Waals surface area contributed by atoms with E-state index < -0.39 is 0 Å². The van der Waals surface area contributed by atoms with Gasteiger partial charge in [0.25, 0.3) is 0 Å². The van der Waals surface area contributed by atoms with Crippen molar-refractivity contribution in [3.63, 3.8) is 0 Å². The van der Waals surface area contributed by atoms with Crippen molar-refractivity contribution >= 4 is 40.3 Å². The lowest BCUT2D eigenvalue weighted by Gasteiger charge is -2.01. The maximum Gasteiger partial charge on any atom is 0.0815 e. The lowest BCUT2D eigenvalue weighted by Crippen LogP contribution is -1.88. The van der Waals surface area contributed by atoms with E-state index in [0.717, 1.165) is 16.6 Å². The number of aromatic nitrogens is 1. The molecule has 0 atom stereocenters. The van der Waals surface area contributed by atoms with E-state index in [1.54, 1.807) is 25.4 Å². The van der Waals surface area contributed by atoms with Crippen LogP contribution in [0.15, 0.2) is 29.3 Å². The lowest BCUT2D eigenvalue weighted by atomic mass is 10.2. The van der Waals surface area contributed by atoms with Gasteiger partial charge in [-0.1, -0.05) is 23.2 Å². The topological polar surface area (TPSA) is 25.2 Å². The predicted molar refractivity (Wildman–Crippen MR) is 65.3 cm³/mol. The molecule has 76 valence electrons. The highest BCUT2D eigenvalue weighted by Gasteiger charge is 2.02. The number of hydrogen-bond acceptors (Lipinski definition) is 2. The summed E-state index contributed by atoms with van der Waals surface area (Å²) in [6.45, 7) is 0. The highest BCUT2D eigenvalue weighted by molar-refractivity contribution is 6.38. The van der Waals surface area contributed by atoms with Gasteiger partial charge in [0.1, 0.15) is 0 Å². The molecule has 0 radical (unpaired) electrons. The molecule has 0 amide bonds. The van der Waals surface area contributed by atoms with Crippen LogP contribution in [0.4, 0.5) is 0 Å². The van der Waals surface area contributed by atoms with E-state index in [1.807, 2.05) is 12.1 Å². The largest absolute Gasteiger partial charge is 0.294 e. The Morgan fingerprint density at radius 2 is 2.07 bits per heavy atom. The quantitative estimate of drug-likeness (QED) is 0.698. The molecule has 2 nitrogen and oxygen atoms in total. The van der Waals surface area contributed by atoms with Crippen LogP contribution in [-0.4, -0.2) is 18.2 Å². The smallest absolute Gasteiger partial charge is 0.0815 e. The van der Waals surface area contributed by atoms with E-state index in [-0.39, 0.29) is 0 Å². The molecule has 2 aromatic rings. The van der Waals surface area contributed by atoms with Gasteiger partial charge in [0.15, 0.2) is 0 Å². The van der Waals surface area contributed by atoms with Crippen LogP contribution < -0.4 is 0 Å². The van der Waals surface area contributed by atoms with E-state index in [4.69, 9.17) is 23.2 Å². The van der Waals surface area contributed by atoms with Crippen molar-refractivity contribution in [1.29, 1.82) is 0 Å². The molecule has 0 fully saturated rings. The molecule has 15 heavy (non-hydrogen) atoms. The zero-order valence-corrected chi connectivity index (χ0v) is 9.55. The Morgan fingerprint density at radius 3 is 2.80 bits per heavy atom. The number of pyridine rings is 1. The maximum atomic E-state index is 6.03. The number of aliphatic imine (C=N–C) groups is 1. The SMILES string of the molecule is CN=Cc1ccc2c(Cl)cc(Cl)cc2n1. The lowest BCUT2D eigenvalue weighted by molar-refractivity contribution is 1.36. The second-order valence-electron chi connectivity index (χ2n) is 3.08. The van der Waals surface area contributed by atoms with Crippen molar-refractivity contribution in [1.82, 2.24) is 4.98 Å². The molecule has 0 saturated heterocycles. The number of nitrogens with zero attached hydrogens (tertiary/aromatic N) is 2. The van der Waals surface area contributed by atoms with E-state index in [2.05, 4.69) is 9.98 Å². The van der Waals surface area contributed by atoms with Crippen molar-refractivity contribution in [3.8, 4) is 0 Å². The first-order chi connectivity index (χ1) is 7.20. The summed E-state index contributed by atoms with van der Waals surface area (Å²) in [6, 6.07) is 7.28. The zero-order valence-electron chi connectivity index (χ0n) is 8.04. The molecule has 1 heterocycles. The molecular weight excluding hydrogens is 231 g/mol. The minimum Gasteiger partial charge on any atom is -0.294 e. The van der Waals surface area contributed by atoms with E-state index in [0.29, 0.717) is 10.0 Å². The van der Waals surface area contributed by atoms with Gasteiger partial charge in [-0.25, -0.2) is 4.98 Å². The monoisotopic (exact) mass is 238 g/mol.